The van der Waals surface area contributed by atoms with E-state index in [1.54, 1.807) is 18.2 Å². The molecular formula is C13H16BrClN2O3. The van der Waals surface area contributed by atoms with Gasteiger partial charge in [-0.15, -0.1) is 0 Å². The zero-order valence-corrected chi connectivity index (χ0v) is 13.3. The number of aliphatic carboxylic acids is 1. The molecule has 0 aliphatic carbocycles. The summed E-state index contributed by atoms with van der Waals surface area (Å²) in [5.74, 6) is -0.939. The molecular weight excluding hydrogens is 348 g/mol. The largest absolute Gasteiger partial charge is 0.481 e. The fourth-order valence-corrected chi connectivity index (χ4v) is 2.02. The summed E-state index contributed by atoms with van der Waals surface area (Å²) in [4.78, 5) is 22.3. The molecule has 0 saturated heterocycles. The summed E-state index contributed by atoms with van der Waals surface area (Å²) in [5, 5.41) is 14.5. The molecule has 110 valence electrons. The Morgan fingerprint density at radius 2 is 2.15 bits per heavy atom. The molecule has 5 nitrogen and oxygen atoms in total. The van der Waals surface area contributed by atoms with Gasteiger partial charge in [0.2, 0.25) is 0 Å². The highest BCUT2D eigenvalue weighted by Gasteiger charge is 2.12. The lowest BCUT2D eigenvalue weighted by Crippen LogP contribution is -2.33. The molecule has 0 bridgehead atoms. The number of carbonyl (C=O) groups is 2. The van der Waals surface area contributed by atoms with Crippen LogP contribution in [0.25, 0.3) is 0 Å². The molecule has 1 aromatic rings. The minimum Gasteiger partial charge on any atom is -0.481 e. The third-order valence-electron chi connectivity index (χ3n) is 2.77. The highest BCUT2D eigenvalue weighted by molar-refractivity contribution is 9.10. The van der Waals surface area contributed by atoms with Crippen molar-refractivity contribution in [1.82, 2.24) is 5.32 Å². The van der Waals surface area contributed by atoms with E-state index in [0.717, 1.165) is 4.47 Å². The summed E-state index contributed by atoms with van der Waals surface area (Å²) in [6, 6.07) is 4.69. The van der Waals surface area contributed by atoms with E-state index in [0.29, 0.717) is 23.7 Å². The molecule has 3 N–H and O–H groups in total. The molecule has 0 saturated carbocycles. The van der Waals surface area contributed by atoms with Crippen molar-refractivity contribution in [3.05, 3.63) is 27.7 Å². The number of nitrogens with one attached hydrogen (secondary N) is 2. The normalized spacial score (nSPS) is 11.8. The number of carboxylic acids is 1. The molecule has 0 spiro atoms. The zero-order valence-electron chi connectivity index (χ0n) is 11.0. The number of halogens is 2. The third-order valence-corrected chi connectivity index (χ3v) is 4.00. The van der Waals surface area contributed by atoms with Gasteiger partial charge < -0.3 is 15.7 Å². The fraction of sp³-hybridized carbons (Fsp3) is 0.385. The summed E-state index contributed by atoms with van der Waals surface area (Å²) in [6.07, 6.45) is 0.734. The Morgan fingerprint density at radius 1 is 1.45 bits per heavy atom. The van der Waals surface area contributed by atoms with Crippen LogP contribution in [0.4, 0.5) is 10.5 Å². The van der Waals surface area contributed by atoms with Gasteiger partial charge in [-0.3, -0.25) is 4.79 Å². The predicted octanol–water partition coefficient (Wildman–Crippen LogP) is 3.72. The molecule has 2 amide bonds. The van der Waals surface area contributed by atoms with Crippen LogP contribution in [0.1, 0.15) is 19.8 Å². The van der Waals surface area contributed by atoms with Crippen molar-refractivity contribution < 1.29 is 14.7 Å². The van der Waals surface area contributed by atoms with Crippen molar-refractivity contribution in [2.24, 2.45) is 5.92 Å². The second kappa shape index (κ2) is 8.11. The maximum absolute atomic E-state index is 11.7. The van der Waals surface area contributed by atoms with E-state index in [4.69, 9.17) is 16.7 Å². The van der Waals surface area contributed by atoms with Crippen LogP contribution < -0.4 is 10.6 Å². The van der Waals surface area contributed by atoms with E-state index in [1.165, 1.54) is 0 Å². The molecule has 0 radical (unpaired) electrons. The number of carboxylic acid groups (broad SMARTS) is 1. The van der Waals surface area contributed by atoms with Crippen LogP contribution in [-0.2, 0) is 4.79 Å². The van der Waals surface area contributed by atoms with Crippen LogP contribution in [0.2, 0.25) is 5.02 Å². The first-order chi connectivity index (χ1) is 9.42. The second-order valence-corrected chi connectivity index (χ2v) is 5.60. The van der Waals surface area contributed by atoms with Gasteiger partial charge in [0, 0.05) is 23.1 Å². The van der Waals surface area contributed by atoms with E-state index in [1.807, 2.05) is 6.92 Å². The van der Waals surface area contributed by atoms with Gasteiger partial charge in [0.15, 0.2) is 0 Å². The molecule has 0 aromatic heterocycles. The van der Waals surface area contributed by atoms with E-state index in [9.17, 15) is 9.59 Å². The Labute approximate surface area is 130 Å². The molecule has 1 atom stereocenters. The van der Waals surface area contributed by atoms with Crippen molar-refractivity contribution in [3.8, 4) is 0 Å². The monoisotopic (exact) mass is 362 g/mol. The predicted molar refractivity (Wildman–Crippen MR) is 82.2 cm³/mol. The lowest BCUT2D eigenvalue weighted by Gasteiger charge is -2.14. The van der Waals surface area contributed by atoms with Crippen molar-refractivity contribution in [3.63, 3.8) is 0 Å². The third kappa shape index (κ3) is 5.79. The highest BCUT2D eigenvalue weighted by Crippen LogP contribution is 2.25. The average Bonchev–Trinajstić information content (AvgIpc) is 2.38. The summed E-state index contributed by atoms with van der Waals surface area (Å²) in [5.41, 5.74) is 0.571. The van der Waals surface area contributed by atoms with Crippen LogP contribution in [0.3, 0.4) is 0 Å². The summed E-state index contributed by atoms with van der Waals surface area (Å²) in [7, 11) is 0. The number of urea groups is 1. The number of hydrogen-bond donors (Lipinski definition) is 3. The maximum Gasteiger partial charge on any atom is 0.319 e. The first-order valence-corrected chi connectivity index (χ1v) is 7.31. The first-order valence-electron chi connectivity index (χ1n) is 6.14. The van der Waals surface area contributed by atoms with Gasteiger partial charge in [-0.05, 0) is 40.0 Å². The molecule has 1 rings (SSSR count). The number of amides is 2. The van der Waals surface area contributed by atoms with E-state index >= 15 is 0 Å². The molecule has 1 unspecified atom stereocenters. The number of hydrogen-bond acceptors (Lipinski definition) is 2. The summed E-state index contributed by atoms with van der Waals surface area (Å²) >= 11 is 9.18. The Hall–Kier alpha value is -1.27. The van der Waals surface area contributed by atoms with Crippen molar-refractivity contribution >= 4 is 45.2 Å². The molecule has 20 heavy (non-hydrogen) atoms. The number of anilines is 1. The standard InChI is InChI=1S/C13H16BrClN2O3/c1-2-8(5-12(18)19)7-16-13(20)17-9-3-4-10(14)11(15)6-9/h3-4,6,8H,2,5,7H2,1H3,(H,18,19)(H2,16,17,20). The maximum atomic E-state index is 11.7. The molecule has 0 heterocycles. The summed E-state index contributed by atoms with van der Waals surface area (Å²) in [6.45, 7) is 2.21. The number of benzene rings is 1. The highest BCUT2D eigenvalue weighted by atomic mass is 79.9. The van der Waals surface area contributed by atoms with Crippen molar-refractivity contribution in [1.29, 1.82) is 0 Å². The SMILES string of the molecule is CCC(CNC(=O)Nc1ccc(Br)c(Cl)c1)CC(=O)O. The van der Waals surface area contributed by atoms with Gasteiger partial charge in [0.25, 0.3) is 0 Å². The number of rotatable bonds is 6. The molecule has 0 aliphatic rings. The second-order valence-electron chi connectivity index (χ2n) is 4.34. The van der Waals surface area contributed by atoms with Gasteiger partial charge in [-0.2, -0.15) is 0 Å². The lowest BCUT2D eigenvalue weighted by molar-refractivity contribution is -0.138. The first kappa shape index (κ1) is 16.8. The van der Waals surface area contributed by atoms with Gasteiger partial charge in [-0.25, -0.2) is 4.79 Å². The van der Waals surface area contributed by atoms with Gasteiger partial charge >= 0.3 is 12.0 Å². The summed E-state index contributed by atoms with van der Waals surface area (Å²) < 4.78 is 0.748. The van der Waals surface area contributed by atoms with Gasteiger partial charge in [0.05, 0.1) is 5.02 Å². The zero-order chi connectivity index (χ0) is 15.1. The Balaban J connectivity index is 2.46. The lowest BCUT2D eigenvalue weighted by atomic mass is 10.0. The average molecular weight is 364 g/mol. The van der Waals surface area contributed by atoms with Crippen LogP contribution in [0, 0.1) is 5.92 Å². The molecule has 1 aromatic carbocycles. The van der Waals surface area contributed by atoms with E-state index in [-0.39, 0.29) is 18.4 Å². The van der Waals surface area contributed by atoms with Crippen LogP contribution in [0.5, 0.6) is 0 Å². The number of carbonyl (C=O) groups excluding carboxylic acids is 1. The topological polar surface area (TPSA) is 78.4 Å². The molecule has 0 fully saturated rings. The minimum absolute atomic E-state index is 0.0426. The molecule has 0 aliphatic heterocycles. The quantitative estimate of drug-likeness (QED) is 0.720. The van der Waals surface area contributed by atoms with Gasteiger partial charge in [-0.1, -0.05) is 24.9 Å². The Kier molecular flexibility index (Phi) is 6.81. The Morgan fingerprint density at radius 3 is 2.70 bits per heavy atom. The van der Waals surface area contributed by atoms with Crippen LogP contribution in [-0.4, -0.2) is 23.7 Å². The minimum atomic E-state index is -0.862. The Bertz CT molecular complexity index is 497. The smallest absolute Gasteiger partial charge is 0.319 e. The van der Waals surface area contributed by atoms with Crippen LogP contribution in [0.15, 0.2) is 22.7 Å². The van der Waals surface area contributed by atoms with Gasteiger partial charge in [0.1, 0.15) is 0 Å². The fourth-order valence-electron chi connectivity index (χ4n) is 1.59. The van der Waals surface area contributed by atoms with E-state index in [2.05, 4.69) is 26.6 Å². The van der Waals surface area contributed by atoms with E-state index < -0.39 is 5.97 Å². The van der Waals surface area contributed by atoms with Crippen molar-refractivity contribution in [2.75, 3.05) is 11.9 Å². The molecule has 7 heteroatoms. The van der Waals surface area contributed by atoms with Crippen LogP contribution >= 0.6 is 27.5 Å². The van der Waals surface area contributed by atoms with Crippen molar-refractivity contribution in [2.45, 2.75) is 19.8 Å².